The lowest BCUT2D eigenvalue weighted by Gasteiger charge is -2.16. The Morgan fingerprint density at radius 3 is 2.88 bits per heavy atom. The van der Waals surface area contributed by atoms with Gasteiger partial charge in [-0.25, -0.2) is 4.39 Å². The number of likely N-dealkylation sites (N-methyl/N-ethyl adjacent to an activating group) is 1. The summed E-state index contributed by atoms with van der Waals surface area (Å²) < 4.78 is 13.0. The second kappa shape index (κ2) is 6.66. The van der Waals surface area contributed by atoms with E-state index in [4.69, 9.17) is 11.6 Å². The van der Waals surface area contributed by atoms with E-state index < -0.39 is 0 Å². The average Bonchev–Trinajstić information content (AvgIpc) is 2.24. The van der Waals surface area contributed by atoms with Crippen molar-refractivity contribution < 1.29 is 4.39 Å². The van der Waals surface area contributed by atoms with E-state index >= 15 is 0 Å². The molecule has 88 valence electrons. The van der Waals surface area contributed by atoms with E-state index in [1.54, 1.807) is 12.1 Å². The lowest BCUT2D eigenvalue weighted by atomic mass is 10.0. The van der Waals surface area contributed by atoms with Crippen molar-refractivity contribution in [2.24, 2.45) is 0 Å². The molecule has 1 N–H and O–H groups in total. The number of halogens is 2. The van der Waals surface area contributed by atoms with Crippen LogP contribution in [0.2, 0.25) is 5.02 Å². The van der Waals surface area contributed by atoms with Crippen molar-refractivity contribution in [2.75, 3.05) is 6.54 Å². The molecule has 1 rings (SSSR count). The van der Waals surface area contributed by atoms with Gasteiger partial charge in [0.25, 0.3) is 0 Å². The fourth-order valence-corrected chi connectivity index (χ4v) is 1.88. The third-order valence-electron chi connectivity index (χ3n) is 2.41. The zero-order valence-electron chi connectivity index (χ0n) is 9.47. The molecule has 1 atom stereocenters. The largest absolute Gasteiger partial charge is 0.314 e. The van der Waals surface area contributed by atoms with Crippen LogP contribution in [0.4, 0.5) is 4.39 Å². The molecule has 0 saturated carbocycles. The van der Waals surface area contributed by atoms with Gasteiger partial charge in [0.15, 0.2) is 0 Å². The summed E-state index contributed by atoms with van der Waals surface area (Å²) in [7, 11) is 0. The standard InChI is InChI=1S/C13H17ClFN/c1-3-5-11(16-4-2)8-10-6-7-13(15)12(14)9-10/h3,6-7,9,11,16H,1,4-5,8H2,2H3. The Labute approximate surface area is 101 Å². The van der Waals surface area contributed by atoms with Crippen LogP contribution in [-0.2, 0) is 6.42 Å². The molecule has 3 heteroatoms. The van der Waals surface area contributed by atoms with E-state index in [1.165, 1.54) is 6.07 Å². The van der Waals surface area contributed by atoms with Gasteiger partial charge < -0.3 is 5.32 Å². The van der Waals surface area contributed by atoms with Gasteiger partial charge in [-0.1, -0.05) is 30.7 Å². The van der Waals surface area contributed by atoms with Crippen molar-refractivity contribution in [2.45, 2.75) is 25.8 Å². The van der Waals surface area contributed by atoms with Gasteiger partial charge >= 0.3 is 0 Å². The summed E-state index contributed by atoms with van der Waals surface area (Å²) in [6, 6.07) is 5.21. The van der Waals surface area contributed by atoms with Crippen LogP contribution >= 0.6 is 11.6 Å². The molecule has 0 aliphatic carbocycles. The van der Waals surface area contributed by atoms with Crippen molar-refractivity contribution in [1.29, 1.82) is 0 Å². The third-order valence-corrected chi connectivity index (χ3v) is 2.70. The van der Waals surface area contributed by atoms with Gasteiger partial charge in [0.05, 0.1) is 5.02 Å². The summed E-state index contributed by atoms with van der Waals surface area (Å²) in [5, 5.41) is 3.54. The second-order valence-electron chi connectivity index (χ2n) is 3.73. The molecule has 0 aromatic heterocycles. The Morgan fingerprint density at radius 2 is 2.31 bits per heavy atom. The SMILES string of the molecule is C=CCC(Cc1ccc(F)c(Cl)c1)NCC. The van der Waals surface area contributed by atoms with Crippen LogP contribution in [0, 0.1) is 5.82 Å². The summed E-state index contributed by atoms with van der Waals surface area (Å²) in [4.78, 5) is 0. The fourth-order valence-electron chi connectivity index (χ4n) is 1.68. The Morgan fingerprint density at radius 1 is 1.56 bits per heavy atom. The first-order valence-electron chi connectivity index (χ1n) is 5.45. The minimum atomic E-state index is -0.367. The van der Waals surface area contributed by atoms with Gasteiger partial charge in [-0.05, 0) is 37.1 Å². The number of benzene rings is 1. The van der Waals surface area contributed by atoms with Crippen LogP contribution in [0.3, 0.4) is 0 Å². The van der Waals surface area contributed by atoms with E-state index in [-0.39, 0.29) is 10.8 Å². The lowest BCUT2D eigenvalue weighted by molar-refractivity contribution is 0.529. The molecule has 1 aromatic rings. The summed E-state index contributed by atoms with van der Waals surface area (Å²) in [6.07, 6.45) is 3.61. The van der Waals surface area contributed by atoms with Gasteiger partial charge in [0, 0.05) is 6.04 Å². The minimum Gasteiger partial charge on any atom is -0.314 e. The van der Waals surface area contributed by atoms with Crippen molar-refractivity contribution in [3.05, 3.63) is 47.3 Å². The monoisotopic (exact) mass is 241 g/mol. The van der Waals surface area contributed by atoms with Crippen LogP contribution < -0.4 is 5.32 Å². The Hall–Kier alpha value is -0.860. The molecule has 0 saturated heterocycles. The van der Waals surface area contributed by atoms with E-state index in [2.05, 4.69) is 18.8 Å². The van der Waals surface area contributed by atoms with Crippen molar-refractivity contribution >= 4 is 11.6 Å². The molecule has 1 aromatic carbocycles. The second-order valence-corrected chi connectivity index (χ2v) is 4.14. The highest BCUT2D eigenvalue weighted by Gasteiger charge is 2.08. The Kier molecular flexibility index (Phi) is 5.50. The van der Waals surface area contributed by atoms with E-state index in [1.807, 2.05) is 6.08 Å². The predicted octanol–water partition coefficient (Wildman–Crippen LogP) is 3.58. The van der Waals surface area contributed by atoms with Crippen molar-refractivity contribution in [3.63, 3.8) is 0 Å². The number of hydrogen-bond acceptors (Lipinski definition) is 1. The number of rotatable bonds is 6. The normalized spacial score (nSPS) is 12.4. The average molecular weight is 242 g/mol. The highest BCUT2D eigenvalue weighted by Crippen LogP contribution is 2.17. The van der Waals surface area contributed by atoms with E-state index in [0.717, 1.165) is 24.9 Å². The predicted molar refractivity (Wildman–Crippen MR) is 67.4 cm³/mol. The molecule has 0 amide bonds. The first-order valence-corrected chi connectivity index (χ1v) is 5.83. The molecular formula is C13H17ClFN. The molecule has 0 heterocycles. The Balaban J connectivity index is 2.68. The van der Waals surface area contributed by atoms with Crippen LogP contribution in [-0.4, -0.2) is 12.6 Å². The first kappa shape index (κ1) is 13.2. The van der Waals surface area contributed by atoms with E-state index in [0.29, 0.717) is 6.04 Å². The van der Waals surface area contributed by atoms with Crippen molar-refractivity contribution in [1.82, 2.24) is 5.32 Å². The van der Waals surface area contributed by atoms with Crippen molar-refractivity contribution in [3.8, 4) is 0 Å². The topological polar surface area (TPSA) is 12.0 Å². The molecule has 0 spiro atoms. The van der Waals surface area contributed by atoms with Gasteiger partial charge in [-0.15, -0.1) is 6.58 Å². The maximum atomic E-state index is 13.0. The molecule has 0 aliphatic heterocycles. The van der Waals surface area contributed by atoms with Crippen LogP contribution in [0.5, 0.6) is 0 Å². The third kappa shape index (κ3) is 3.95. The summed E-state index contributed by atoms with van der Waals surface area (Å²) >= 11 is 5.74. The summed E-state index contributed by atoms with van der Waals surface area (Å²) in [5.74, 6) is -0.367. The number of hydrogen-bond donors (Lipinski definition) is 1. The van der Waals surface area contributed by atoms with Gasteiger partial charge in [0.2, 0.25) is 0 Å². The van der Waals surface area contributed by atoms with Crippen LogP contribution in [0.1, 0.15) is 18.9 Å². The molecule has 1 nitrogen and oxygen atoms in total. The molecule has 0 aliphatic rings. The summed E-state index contributed by atoms with van der Waals surface area (Å²) in [5.41, 5.74) is 1.04. The zero-order valence-corrected chi connectivity index (χ0v) is 10.2. The maximum absolute atomic E-state index is 13.0. The molecule has 0 radical (unpaired) electrons. The van der Waals surface area contributed by atoms with Gasteiger partial charge in [0.1, 0.15) is 5.82 Å². The van der Waals surface area contributed by atoms with Gasteiger partial charge in [-0.3, -0.25) is 0 Å². The van der Waals surface area contributed by atoms with Gasteiger partial charge in [-0.2, -0.15) is 0 Å². The maximum Gasteiger partial charge on any atom is 0.141 e. The van der Waals surface area contributed by atoms with E-state index in [9.17, 15) is 4.39 Å². The fraction of sp³-hybridized carbons (Fsp3) is 0.385. The van der Waals surface area contributed by atoms with Crippen LogP contribution in [0.15, 0.2) is 30.9 Å². The molecule has 1 unspecified atom stereocenters. The highest BCUT2D eigenvalue weighted by atomic mass is 35.5. The smallest absolute Gasteiger partial charge is 0.141 e. The molecule has 16 heavy (non-hydrogen) atoms. The first-order chi connectivity index (χ1) is 7.67. The zero-order chi connectivity index (χ0) is 12.0. The summed E-state index contributed by atoms with van der Waals surface area (Å²) in [6.45, 7) is 6.70. The quantitative estimate of drug-likeness (QED) is 0.751. The minimum absolute atomic E-state index is 0.186. The van der Waals surface area contributed by atoms with Crippen LogP contribution in [0.25, 0.3) is 0 Å². The molecular weight excluding hydrogens is 225 g/mol. The molecule has 0 fully saturated rings. The number of nitrogens with one attached hydrogen (secondary N) is 1. The lowest BCUT2D eigenvalue weighted by Crippen LogP contribution is -2.30. The Bertz CT molecular complexity index is 352. The molecule has 0 bridgehead atoms. The highest BCUT2D eigenvalue weighted by molar-refractivity contribution is 6.30.